The zero-order valence-electron chi connectivity index (χ0n) is 12.0. The summed E-state index contributed by atoms with van der Waals surface area (Å²) in [6.07, 6.45) is 4.29. The highest BCUT2D eigenvalue weighted by Crippen LogP contribution is 2.20. The Hall–Kier alpha value is -2.22. The Morgan fingerprint density at radius 1 is 1.43 bits per heavy atom. The third-order valence-electron chi connectivity index (χ3n) is 3.30. The number of rotatable bonds is 5. The van der Waals surface area contributed by atoms with E-state index in [2.05, 4.69) is 15.7 Å². The number of nitrogens with one attached hydrogen (secondary N) is 2. The summed E-state index contributed by atoms with van der Waals surface area (Å²) in [6.45, 7) is 4.05. The standard InChI is InChI=1S/C13H19N5O3/c1-2-14-12-8-10(11(9-15-12)18(20)21)13(19)16-17-6-4-3-5-7-17/h8-9H,2-7H2,1H3,(H,14,15)(H,16,19). The van der Waals surface area contributed by atoms with Gasteiger partial charge in [0.2, 0.25) is 0 Å². The molecule has 1 aliphatic heterocycles. The first-order valence-electron chi connectivity index (χ1n) is 7.06. The first-order chi connectivity index (χ1) is 10.1. The summed E-state index contributed by atoms with van der Waals surface area (Å²) in [5.41, 5.74) is 2.47. The molecule has 1 saturated heterocycles. The number of nitro groups is 1. The van der Waals surface area contributed by atoms with Crippen molar-refractivity contribution in [1.29, 1.82) is 0 Å². The SMILES string of the molecule is CCNc1cc(C(=O)NN2CCCCC2)c([N+](=O)[O-])cn1. The fourth-order valence-electron chi connectivity index (χ4n) is 2.26. The fourth-order valence-corrected chi connectivity index (χ4v) is 2.26. The van der Waals surface area contributed by atoms with E-state index in [1.54, 1.807) is 0 Å². The van der Waals surface area contributed by atoms with Crippen LogP contribution in [0.5, 0.6) is 0 Å². The van der Waals surface area contributed by atoms with E-state index >= 15 is 0 Å². The molecular weight excluding hydrogens is 274 g/mol. The van der Waals surface area contributed by atoms with Crippen LogP contribution in [-0.2, 0) is 0 Å². The Balaban J connectivity index is 2.19. The van der Waals surface area contributed by atoms with Gasteiger partial charge in [0.1, 0.15) is 17.6 Å². The third kappa shape index (κ3) is 3.88. The van der Waals surface area contributed by atoms with Crippen LogP contribution in [0.25, 0.3) is 0 Å². The number of pyridine rings is 1. The fraction of sp³-hybridized carbons (Fsp3) is 0.538. The quantitative estimate of drug-likeness (QED) is 0.631. The summed E-state index contributed by atoms with van der Waals surface area (Å²) >= 11 is 0. The van der Waals surface area contributed by atoms with Crippen molar-refractivity contribution >= 4 is 17.4 Å². The molecule has 1 aromatic rings. The highest BCUT2D eigenvalue weighted by Gasteiger charge is 2.23. The van der Waals surface area contributed by atoms with Gasteiger partial charge in [-0.2, -0.15) is 0 Å². The molecule has 2 N–H and O–H groups in total. The van der Waals surface area contributed by atoms with Crippen LogP contribution < -0.4 is 10.7 Å². The van der Waals surface area contributed by atoms with E-state index in [4.69, 9.17) is 0 Å². The lowest BCUT2D eigenvalue weighted by molar-refractivity contribution is -0.385. The topological polar surface area (TPSA) is 100 Å². The molecule has 8 heteroatoms. The van der Waals surface area contributed by atoms with Crippen molar-refractivity contribution in [3.05, 3.63) is 27.9 Å². The van der Waals surface area contributed by atoms with Gasteiger partial charge in [0.15, 0.2) is 0 Å². The molecule has 1 amide bonds. The van der Waals surface area contributed by atoms with Crippen LogP contribution in [0.3, 0.4) is 0 Å². The molecule has 8 nitrogen and oxygen atoms in total. The van der Waals surface area contributed by atoms with Crippen molar-refractivity contribution in [2.75, 3.05) is 25.0 Å². The van der Waals surface area contributed by atoms with E-state index in [9.17, 15) is 14.9 Å². The number of hydrogen-bond acceptors (Lipinski definition) is 6. The highest BCUT2D eigenvalue weighted by atomic mass is 16.6. The average Bonchev–Trinajstić information content (AvgIpc) is 2.48. The summed E-state index contributed by atoms with van der Waals surface area (Å²) in [5, 5.41) is 15.8. The minimum atomic E-state index is -0.589. The zero-order valence-corrected chi connectivity index (χ0v) is 12.0. The van der Waals surface area contributed by atoms with E-state index < -0.39 is 10.8 Å². The summed E-state index contributed by atoms with van der Waals surface area (Å²) in [4.78, 5) is 26.7. The Bertz CT molecular complexity index is 529. The molecule has 0 atom stereocenters. The smallest absolute Gasteiger partial charge is 0.300 e. The number of aromatic nitrogens is 1. The maximum Gasteiger partial charge on any atom is 0.300 e. The van der Waals surface area contributed by atoms with Crippen LogP contribution in [0, 0.1) is 10.1 Å². The van der Waals surface area contributed by atoms with Gasteiger partial charge in [-0.15, -0.1) is 0 Å². The minimum Gasteiger partial charge on any atom is -0.370 e. The molecule has 0 radical (unpaired) electrons. The molecule has 0 saturated carbocycles. The molecule has 0 spiro atoms. The lowest BCUT2D eigenvalue weighted by atomic mass is 10.1. The van der Waals surface area contributed by atoms with Crippen LogP contribution in [-0.4, -0.2) is 40.5 Å². The number of anilines is 1. The molecule has 2 heterocycles. The lowest BCUT2D eigenvalue weighted by Gasteiger charge is -2.26. The summed E-state index contributed by atoms with van der Waals surface area (Å²) in [6, 6.07) is 1.42. The van der Waals surface area contributed by atoms with Crippen LogP contribution in [0.15, 0.2) is 12.3 Å². The molecule has 114 valence electrons. The van der Waals surface area contributed by atoms with Gasteiger partial charge in [-0.3, -0.25) is 20.3 Å². The Labute approximate surface area is 122 Å². The summed E-state index contributed by atoms with van der Waals surface area (Å²) in [5.74, 6) is -0.0166. The third-order valence-corrected chi connectivity index (χ3v) is 3.30. The predicted octanol–water partition coefficient (Wildman–Crippen LogP) is 1.55. The first-order valence-corrected chi connectivity index (χ1v) is 7.06. The number of hydrogen-bond donors (Lipinski definition) is 2. The van der Waals surface area contributed by atoms with Crippen LogP contribution in [0.1, 0.15) is 36.5 Å². The van der Waals surface area contributed by atoms with Crippen molar-refractivity contribution < 1.29 is 9.72 Å². The van der Waals surface area contributed by atoms with Crippen LogP contribution in [0.4, 0.5) is 11.5 Å². The number of hydrazine groups is 1. The molecule has 1 aliphatic rings. The van der Waals surface area contributed by atoms with Gasteiger partial charge in [0.25, 0.3) is 11.6 Å². The van der Waals surface area contributed by atoms with E-state index in [1.807, 2.05) is 11.9 Å². The van der Waals surface area contributed by atoms with E-state index in [1.165, 1.54) is 6.07 Å². The van der Waals surface area contributed by atoms with Gasteiger partial charge in [0.05, 0.1) is 4.92 Å². The Kier molecular flexibility index (Phi) is 5.04. The molecule has 0 unspecified atom stereocenters. The summed E-state index contributed by atoms with van der Waals surface area (Å²) < 4.78 is 0. The van der Waals surface area contributed by atoms with Gasteiger partial charge in [-0.1, -0.05) is 6.42 Å². The first kappa shape index (κ1) is 15.2. The Morgan fingerprint density at radius 2 is 2.14 bits per heavy atom. The van der Waals surface area contributed by atoms with E-state index in [-0.39, 0.29) is 11.3 Å². The van der Waals surface area contributed by atoms with Crippen molar-refractivity contribution in [1.82, 2.24) is 15.4 Å². The van der Waals surface area contributed by atoms with Gasteiger partial charge < -0.3 is 5.32 Å². The second kappa shape index (κ2) is 6.98. The maximum absolute atomic E-state index is 12.3. The monoisotopic (exact) mass is 293 g/mol. The van der Waals surface area contributed by atoms with Crippen LogP contribution >= 0.6 is 0 Å². The van der Waals surface area contributed by atoms with Crippen molar-refractivity contribution in [2.24, 2.45) is 0 Å². The molecule has 2 rings (SSSR count). The van der Waals surface area contributed by atoms with Crippen LogP contribution in [0.2, 0.25) is 0 Å². The second-order valence-electron chi connectivity index (χ2n) is 4.86. The molecule has 21 heavy (non-hydrogen) atoms. The molecule has 0 aliphatic carbocycles. The minimum absolute atomic E-state index is 0.0246. The normalized spacial score (nSPS) is 15.5. The van der Waals surface area contributed by atoms with Crippen molar-refractivity contribution in [3.8, 4) is 0 Å². The second-order valence-corrected chi connectivity index (χ2v) is 4.86. The lowest BCUT2D eigenvalue weighted by Crippen LogP contribution is -2.45. The molecule has 0 bridgehead atoms. The zero-order chi connectivity index (χ0) is 15.2. The van der Waals surface area contributed by atoms with Gasteiger partial charge in [-0.25, -0.2) is 9.99 Å². The average molecular weight is 293 g/mol. The predicted molar refractivity (Wildman–Crippen MR) is 77.9 cm³/mol. The van der Waals surface area contributed by atoms with Crippen molar-refractivity contribution in [2.45, 2.75) is 26.2 Å². The number of carbonyl (C=O) groups is 1. The van der Waals surface area contributed by atoms with Gasteiger partial charge in [0, 0.05) is 25.7 Å². The molecule has 1 aromatic heterocycles. The molecule has 1 fully saturated rings. The molecule has 0 aromatic carbocycles. The molecular formula is C13H19N5O3. The Morgan fingerprint density at radius 3 is 2.76 bits per heavy atom. The number of amides is 1. The highest BCUT2D eigenvalue weighted by molar-refractivity contribution is 5.98. The number of piperidine rings is 1. The number of carbonyl (C=O) groups excluding carboxylic acids is 1. The van der Waals surface area contributed by atoms with Gasteiger partial charge >= 0.3 is 0 Å². The number of nitrogens with zero attached hydrogens (tertiary/aromatic N) is 3. The van der Waals surface area contributed by atoms with Crippen molar-refractivity contribution in [3.63, 3.8) is 0 Å². The van der Waals surface area contributed by atoms with E-state index in [0.29, 0.717) is 12.4 Å². The largest absolute Gasteiger partial charge is 0.370 e. The van der Waals surface area contributed by atoms with Gasteiger partial charge in [-0.05, 0) is 19.8 Å². The summed E-state index contributed by atoms with van der Waals surface area (Å²) in [7, 11) is 0. The van der Waals surface area contributed by atoms with E-state index in [0.717, 1.165) is 38.5 Å². The maximum atomic E-state index is 12.3.